The van der Waals surface area contributed by atoms with Crippen molar-refractivity contribution >= 4 is 34.4 Å². The number of aryl methyl sites for hydroxylation is 3. The first-order valence-electron chi connectivity index (χ1n) is 7.74. The Morgan fingerprint density at radius 3 is 2.48 bits per heavy atom. The minimum Gasteiger partial charge on any atom is -0.453 e. The van der Waals surface area contributed by atoms with Crippen LogP contribution in [0.2, 0.25) is 0 Å². The summed E-state index contributed by atoms with van der Waals surface area (Å²) in [6.07, 6.45) is 0. The first-order valence-corrected chi connectivity index (χ1v) is 9.43. The third-order valence-electron chi connectivity index (χ3n) is 3.69. The van der Waals surface area contributed by atoms with Crippen LogP contribution in [-0.4, -0.2) is 23.3 Å². The van der Waals surface area contributed by atoms with E-state index in [1.165, 1.54) is 11.3 Å². The smallest absolute Gasteiger partial charge is 0.358 e. The second-order valence-corrected chi connectivity index (χ2v) is 8.05. The largest absolute Gasteiger partial charge is 0.453 e. The Hall–Kier alpha value is -2.31. The van der Waals surface area contributed by atoms with Gasteiger partial charge < -0.3 is 4.74 Å². The minimum atomic E-state index is -0.576. The molecule has 0 aliphatic heterocycles. The Balaban J connectivity index is 1.65. The molecule has 0 fully saturated rings. The first kappa shape index (κ1) is 17.5. The van der Waals surface area contributed by atoms with E-state index in [2.05, 4.69) is 4.98 Å². The van der Waals surface area contributed by atoms with Crippen molar-refractivity contribution in [1.82, 2.24) is 4.98 Å². The average Bonchev–Trinajstić information content (AvgIpc) is 3.20. The fourth-order valence-electron chi connectivity index (χ4n) is 2.39. The Bertz CT molecular complexity index is 923. The molecule has 2 aromatic heterocycles. The number of ketones is 1. The van der Waals surface area contributed by atoms with Crippen LogP contribution in [0.1, 0.15) is 36.2 Å². The molecule has 128 valence electrons. The zero-order valence-corrected chi connectivity index (χ0v) is 15.8. The molecule has 0 aliphatic carbocycles. The van der Waals surface area contributed by atoms with Gasteiger partial charge in [-0.3, -0.25) is 4.79 Å². The van der Waals surface area contributed by atoms with E-state index < -0.39 is 5.97 Å². The van der Waals surface area contributed by atoms with Crippen LogP contribution < -0.4 is 0 Å². The second kappa shape index (κ2) is 7.29. The van der Waals surface area contributed by atoms with Crippen molar-refractivity contribution in [1.29, 1.82) is 0 Å². The molecule has 0 saturated heterocycles. The molecule has 0 saturated carbocycles. The van der Waals surface area contributed by atoms with Crippen molar-refractivity contribution in [3.63, 3.8) is 0 Å². The Morgan fingerprint density at radius 2 is 1.84 bits per heavy atom. The van der Waals surface area contributed by atoms with Gasteiger partial charge in [0.2, 0.25) is 5.78 Å². The van der Waals surface area contributed by atoms with Crippen molar-refractivity contribution in [2.45, 2.75) is 20.8 Å². The Morgan fingerprint density at radius 1 is 1.12 bits per heavy atom. The molecule has 3 aromatic rings. The molecule has 0 spiro atoms. The highest BCUT2D eigenvalue weighted by Crippen LogP contribution is 2.25. The molecule has 4 nitrogen and oxygen atoms in total. The number of hydrogen-bond donors (Lipinski definition) is 0. The van der Waals surface area contributed by atoms with Gasteiger partial charge in [-0.15, -0.1) is 22.7 Å². The zero-order chi connectivity index (χ0) is 18.0. The van der Waals surface area contributed by atoms with Gasteiger partial charge in [0, 0.05) is 26.3 Å². The molecule has 0 bridgehead atoms. The summed E-state index contributed by atoms with van der Waals surface area (Å²) < 4.78 is 5.14. The summed E-state index contributed by atoms with van der Waals surface area (Å²) in [5, 5.41) is 2.41. The maximum absolute atomic E-state index is 12.2. The number of rotatable bonds is 5. The molecule has 3 rings (SSSR count). The molecule has 0 atom stereocenters. The maximum atomic E-state index is 12.2. The van der Waals surface area contributed by atoms with Crippen LogP contribution >= 0.6 is 22.7 Å². The molecular weight excluding hydrogens is 354 g/mol. The van der Waals surface area contributed by atoms with Crippen LogP contribution in [0.5, 0.6) is 0 Å². The monoisotopic (exact) mass is 371 g/mol. The van der Waals surface area contributed by atoms with E-state index in [4.69, 9.17) is 4.74 Å². The van der Waals surface area contributed by atoms with Crippen molar-refractivity contribution in [2.24, 2.45) is 0 Å². The van der Waals surface area contributed by atoms with Gasteiger partial charge in [-0.05, 0) is 26.8 Å². The van der Waals surface area contributed by atoms with E-state index >= 15 is 0 Å². The van der Waals surface area contributed by atoms with Crippen LogP contribution in [0, 0.1) is 20.8 Å². The number of thiazole rings is 1. The van der Waals surface area contributed by atoms with E-state index in [0.717, 1.165) is 25.9 Å². The van der Waals surface area contributed by atoms with E-state index in [1.54, 1.807) is 16.7 Å². The molecule has 0 unspecified atom stereocenters. The van der Waals surface area contributed by atoms with Gasteiger partial charge in [-0.1, -0.05) is 29.8 Å². The van der Waals surface area contributed by atoms with Gasteiger partial charge in [0.1, 0.15) is 5.01 Å². The number of carbonyl (C=O) groups is 2. The predicted octanol–water partition coefficient (Wildman–Crippen LogP) is 4.84. The van der Waals surface area contributed by atoms with Crippen LogP contribution in [-0.2, 0) is 4.74 Å². The second-order valence-electron chi connectivity index (χ2n) is 5.73. The van der Waals surface area contributed by atoms with Gasteiger partial charge in [0.15, 0.2) is 12.3 Å². The van der Waals surface area contributed by atoms with Gasteiger partial charge in [-0.25, -0.2) is 9.78 Å². The summed E-state index contributed by atoms with van der Waals surface area (Å²) in [4.78, 5) is 30.6. The van der Waals surface area contributed by atoms with Crippen molar-refractivity contribution < 1.29 is 14.3 Å². The average molecular weight is 371 g/mol. The molecule has 25 heavy (non-hydrogen) atoms. The normalized spacial score (nSPS) is 10.7. The van der Waals surface area contributed by atoms with Crippen molar-refractivity contribution in [3.8, 4) is 10.6 Å². The molecule has 2 heterocycles. The van der Waals surface area contributed by atoms with E-state index in [-0.39, 0.29) is 18.1 Å². The van der Waals surface area contributed by atoms with Gasteiger partial charge in [0.25, 0.3) is 0 Å². The third-order valence-corrected chi connectivity index (χ3v) is 5.54. The number of esters is 1. The van der Waals surface area contributed by atoms with E-state index in [0.29, 0.717) is 5.56 Å². The maximum Gasteiger partial charge on any atom is 0.358 e. The van der Waals surface area contributed by atoms with Crippen LogP contribution in [0.3, 0.4) is 0 Å². The van der Waals surface area contributed by atoms with Crippen LogP contribution in [0.15, 0.2) is 35.7 Å². The highest BCUT2D eigenvalue weighted by molar-refractivity contribution is 7.13. The number of benzene rings is 1. The fourth-order valence-corrected chi connectivity index (χ4v) is 4.12. The molecule has 6 heteroatoms. The van der Waals surface area contributed by atoms with Crippen LogP contribution in [0.4, 0.5) is 0 Å². The van der Waals surface area contributed by atoms with Gasteiger partial charge >= 0.3 is 5.97 Å². The summed E-state index contributed by atoms with van der Waals surface area (Å²) in [5.41, 5.74) is 2.97. The zero-order valence-electron chi connectivity index (χ0n) is 14.2. The fraction of sp³-hybridized carbons (Fsp3) is 0.211. The third kappa shape index (κ3) is 4.03. The number of nitrogens with zero attached hydrogens (tertiary/aromatic N) is 1. The van der Waals surface area contributed by atoms with E-state index in [9.17, 15) is 9.59 Å². The summed E-state index contributed by atoms with van der Waals surface area (Å²) >= 11 is 2.94. The SMILES string of the molecule is Cc1ccc(-c2nc(C(=O)OCC(=O)c3cc(C)sc3C)cs2)cc1. The first-order chi connectivity index (χ1) is 11.9. The van der Waals surface area contributed by atoms with Gasteiger partial charge in [-0.2, -0.15) is 0 Å². The molecule has 0 N–H and O–H groups in total. The lowest BCUT2D eigenvalue weighted by molar-refractivity contribution is 0.0470. The molecule has 0 aliphatic rings. The lowest BCUT2D eigenvalue weighted by atomic mass is 10.2. The van der Waals surface area contributed by atoms with Gasteiger partial charge in [0.05, 0.1) is 0 Å². The number of ether oxygens (including phenoxy) is 1. The molecular formula is C19H17NO3S2. The minimum absolute atomic E-state index is 0.191. The lowest BCUT2D eigenvalue weighted by Crippen LogP contribution is -2.14. The molecule has 0 amide bonds. The number of thiophene rings is 1. The van der Waals surface area contributed by atoms with E-state index in [1.807, 2.05) is 51.1 Å². The summed E-state index contributed by atoms with van der Waals surface area (Å²) in [7, 11) is 0. The lowest BCUT2D eigenvalue weighted by Gasteiger charge is -2.02. The van der Waals surface area contributed by atoms with Crippen molar-refractivity contribution in [2.75, 3.05) is 6.61 Å². The number of carbonyl (C=O) groups excluding carboxylic acids is 2. The quantitative estimate of drug-likeness (QED) is 0.476. The number of Topliss-reactive ketones (excluding diaryl/α,β-unsaturated/α-hetero) is 1. The Labute approximate surface area is 154 Å². The highest BCUT2D eigenvalue weighted by atomic mass is 32.1. The number of aromatic nitrogens is 1. The van der Waals surface area contributed by atoms with Crippen LogP contribution in [0.25, 0.3) is 10.6 Å². The predicted molar refractivity (Wildman–Crippen MR) is 101 cm³/mol. The number of hydrogen-bond acceptors (Lipinski definition) is 6. The summed E-state index contributed by atoms with van der Waals surface area (Å²) in [5.74, 6) is -0.767. The molecule has 0 radical (unpaired) electrons. The van der Waals surface area contributed by atoms with Crippen molar-refractivity contribution in [3.05, 3.63) is 62.3 Å². The molecule has 1 aromatic carbocycles. The summed E-state index contributed by atoms with van der Waals surface area (Å²) in [6, 6.07) is 9.76. The topological polar surface area (TPSA) is 56.3 Å². The summed E-state index contributed by atoms with van der Waals surface area (Å²) in [6.45, 7) is 5.58. The Kier molecular flexibility index (Phi) is 5.11. The standard InChI is InChI=1S/C19H17NO3S2/c1-11-4-6-14(7-5-11)18-20-16(10-24-18)19(22)23-9-17(21)15-8-12(2)25-13(15)3/h4-8,10H,9H2,1-3H3. The highest BCUT2D eigenvalue weighted by Gasteiger charge is 2.17.